The molecule has 2 atom stereocenters. The predicted octanol–water partition coefficient (Wildman–Crippen LogP) is 3.30. The number of alkyl halides is 5. The summed E-state index contributed by atoms with van der Waals surface area (Å²) >= 11 is 0. The van der Waals surface area contributed by atoms with Crippen molar-refractivity contribution in [3.63, 3.8) is 0 Å². The summed E-state index contributed by atoms with van der Waals surface area (Å²) in [7, 11) is 0. The summed E-state index contributed by atoms with van der Waals surface area (Å²) in [5, 5.41) is 5.77. The van der Waals surface area contributed by atoms with Crippen molar-refractivity contribution in [3.8, 4) is 0 Å². The second-order valence-electron chi connectivity index (χ2n) is 7.49. The molecule has 3 heterocycles. The van der Waals surface area contributed by atoms with E-state index in [4.69, 9.17) is 10.5 Å². The molecule has 0 spiro atoms. The fourth-order valence-electron chi connectivity index (χ4n) is 2.98. The maximum Gasteiger partial charge on any atom is 0.424 e. The van der Waals surface area contributed by atoms with Crippen LogP contribution in [0, 0.1) is 12.7 Å². The van der Waals surface area contributed by atoms with Crippen LogP contribution in [0.25, 0.3) is 0 Å². The lowest BCUT2D eigenvalue weighted by Crippen LogP contribution is -2.60. The van der Waals surface area contributed by atoms with Gasteiger partial charge in [-0.25, -0.2) is 14.1 Å². The molecule has 1 amide bonds. The van der Waals surface area contributed by atoms with Crippen LogP contribution >= 0.6 is 0 Å². The van der Waals surface area contributed by atoms with Crippen LogP contribution in [0.1, 0.15) is 42.1 Å². The maximum absolute atomic E-state index is 14.5. The van der Waals surface area contributed by atoms with Gasteiger partial charge in [-0.15, -0.1) is 0 Å². The third kappa shape index (κ3) is 4.01. The number of nitrogens with zero attached hydrogens (tertiary/aromatic N) is 4. The highest BCUT2D eigenvalue weighted by Crippen LogP contribution is 2.41. The van der Waals surface area contributed by atoms with Crippen LogP contribution in [0.2, 0.25) is 0 Å². The third-order valence-electron chi connectivity index (χ3n) is 4.97. The van der Waals surface area contributed by atoms with Gasteiger partial charge in [-0.3, -0.25) is 9.79 Å². The number of ether oxygens (including phenoxy) is 1. The Balaban J connectivity index is 1.92. The molecule has 3 rings (SSSR count). The van der Waals surface area contributed by atoms with E-state index in [1.807, 2.05) is 0 Å². The van der Waals surface area contributed by atoms with Gasteiger partial charge in [0.15, 0.2) is 5.69 Å². The van der Waals surface area contributed by atoms with Crippen LogP contribution in [0.3, 0.4) is 0 Å². The molecule has 0 unspecified atom stereocenters. The molecule has 0 saturated heterocycles. The molecule has 0 aromatic carbocycles. The second kappa shape index (κ2) is 7.76. The molecule has 14 heteroatoms. The first-order valence-corrected chi connectivity index (χ1v) is 9.07. The monoisotopic (exact) mass is 464 g/mol. The van der Waals surface area contributed by atoms with Gasteiger partial charge >= 0.3 is 12.7 Å². The average molecular weight is 464 g/mol. The number of pyridine rings is 1. The third-order valence-corrected chi connectivity index (χ3v) is 4.97. The molecule has 0 saturated carbocycles. The number of amides is 1. The number of rotatable bonds is 4. The fourth-order valence-corrected chi connectivity index (χ4v) is 2.98. The summed E-state index contributed by atoms with van der Waals surface area (Å²) in [4.78, 5) is 20.2. The minimum Gasteiger partial charge on any atom is -0.385 e. The summed E-state index contributed by atoms with van der Waals surface area (Å²) in [5.74, 6) is -2.96. The molecule has 3 N–H and O–H groups in total. The van der Waals surface area contributed by atoms with Crippen molar-refractivity contribution >= 4 is 17.6 Å². The van der Waals surface area contributed by atoms with E-state index in [0.717, 1.165) is 18.3 Å². The van der Waals surface area contributed by atoms with Gasteiger partial charge in [0.1, 0.15) is 28.7 Å². The number of carbonyl (C=O) groups is 1. The van der Waals surface area contributed by atoms with Crippen LogP contribution in [0.4, 0.5) is 32.2 Å². The van der Waals surface area contributed by atoms with E-state index in [0.29, 0.717) is 11.6 Å². The summed E-state index contributed by atoms with van der Waals surface area (Å²) in [6.07, 6.45) is -3.89. The molecular weight excluding hydrogens is 446 g/mol. The van der Waals surface area contributed by atoms with Crippen molar-refractivity contribution in [3.05, 3.63) is 41.1 Å². The van der Waals surface area contributed by atoms with Crippen LogP contribution in [-0.2, 0) is 10.3 Å². The normalized spacial score (nSPS) is 23.9. The maximum atomic E-state index is 14.5. The number of nitrogens with one attached hydrogen (secondary N) is 1. The van der Waals surface area contributed by atoms with Gasteiger partial charge in [0.05, 0.1) is 6.61 Å². The average Bonchev–Trinajstić information content (AvgIpc) is 3.08. The summed E-state index contributed by atoms with van der Waals surface area (Å²) in [5.41, 5.74) is 0.343. The molecule has 1 aliphatic heterocycles. The molecule has 2 aromatic heterocycles. The Labute approximate surface area is 177 Å². The van der Waals surface area contributed by atoms with Gasteiger partial charge in [-0.2, -0.15) is 27.1 Å². The number of amidine groups is 1. The molecule has 0 radical (unpaired) electrons. The number of aliphatic imine (C=N–C) groups is 1. The smallest absolute Gasteiger partial charge is 0.385 e. The number of aromatic nitrogens is 3. The zero-order valence-corrected chi connectivity index (χ0v) is 17.0. The van der Waals surface area contributed by atoms with Crippen LogP contribution in [0.15, 0.2) is 23.3 Å². The van der Waals surface area contributed by atoms with Gasteiger partial charge < -0.3 is 15.8 Å². The Kier molecular flexibility index (Phi) is 5.70. The summed E-state index contributed by atoms with van der Waals surface area (Å²) in [6.45, 7) is -0.306. The molecule has 0 bridgehead atoms. The number of hydrogen-bond donors (Lipinski definition) is 2. The van der Waals surface area contributed by atoms with Gasteiger partial charge in [0.25, 0.3) is 5.91 Å². The zero-order chi connectivity index (χ0) is 24.1. The van der Waals surface area contributed by atoms with E-state index >= 15 is 0 Å². The van der Waals surface area contributed by atoms with Crippen LogP contribution < -0.4 is 11.1 Å². The number of anilines is 1. The number of carbonyl (C=O) groups excluding carboxylic acids is 1. The van der Waals surface area contributed by atoms with Crippen molar-refractivity contribution in [2.45, 2.75) is 44.6 Å². The quantitative estimate of drug-likeness (QED) is 0.676. The number of hydrogen-bond acceptors (Lipinski definition) is 6. The Hall–Kier alpha value is -3.16. The Bertz CT molecular complexity index is 1080. The topological polar surface area (TPSA) is 107 Å². The van der Waals surface area contributed by atoms with E-state index in [2.05, 4.69) is 20.4 Å². The van der Waals surface area contributed by atoms with E-state index < -0.39 is 53.7 Å². The van der Waals surface area contributed by atoms with E-state index in [1.54, 1.807) is 0 Å². The van der Waals surface area contributed by atoms with Gasteiger partial charge in [-0.1, -0.05) is 0 Å². The first-order valence-electron chi connectivity index (χ1n) is 9.07. The van der Waals surface area contributed by atoms with Gasteiger partial charge in [0, 0.05) is 11.8 Å². The van der Waals surface area contributed by atoms with Crippen molar-refractivity contribution in [2.24, 2.45) is 10.7 Å². The molecule has 174 valence electrons. The predicted molar refractivity (Wildman–Crippen MR) is 99.8 cm³/mol. The van der Waals surface area contributed by atoms with E-state index in [-0.39, 0.29) is 17.1 Å². The minimum absolute atomic E-state index is 0.154. The summed E-state index contributed by atoms with van der Waals surface area (Å²) < 4.78 is 85.1. The highest BCUT2D eigenvalue weighted by molar-refractivity contribution is 6.03. The Morgan fingerprint density at radius 1 is 1.31 bits per heavy atom. The standard InChI is InChI=1S/C18H18F6N6O2/c1-8-6-30(15(20)21)29-11(8)13(31)27-10-5-4-9(19)12(26-10)16(2)7-32-17(3,14(25)28-16)18(22,23)24/h4-6,15H,7H2,1-3H3,(H2,25,28)(H,26,27,31)/t16-,17+/m0/s1. The highest BCUT2D eigenvalue weighted by Gasteiger charge is 2.59. The lowest BCUT2D eigenvalue weighted by Gasteiger charge is -2.40. The first-order chi connectivity index (χ1) is 14.7. The zero-order valence-electron chi connectivity index (χ0n) is 17.0. The van der Waals surface area contributed by atoms with Crippen molar-refractivity contribution in [2.75, 3.05) is 11.9 Å². The number of aryl methyl sites for hydroxylation is 1. The molecule has 0 fully saturated rings. The minimum atomic E-state index is -4.86. The highest BCUT2D eigenvalue weighted by atomic mass is 19.4. The lowest BCUT2D eigenvalue weighted by molar-refractivity contribution is -0.249. The number of halogens is 6. The van der Waals surface area contributed by atoms with Crippen molar-refractivity contribution < 1.29 is 35.9 Å². The Morgan fingerprint density at radius 2 is 1.97 bits per heavy atom. The van der Waals surface area contributed by atoms with Crippen molar-refractivity contribution in [1.29, 1.82) is 0 Å². The summed E-state index contributed by atoms with van der Waals surface area (Å²) in [6, 6.07) is 1.99. The van der Waals surface area contributed by atoms with E-state index in [9.17, 15) is 31.1 Å². The second-order valence-corrected chi connectivity index (χ2v) is 7.49. The van der Waals surface area contributed by atoms with Crippen molar-refractivity contribution in [1.82, 2.24) is 14.8 Å². The molecular formula is C18H18F6N6O2. The number of nitrogens with two attached hydrogens (primary N) is 1. The largest absolute Gasteiger partial charge is 0.424 e. The van der Waals surface area contributed by atoms with Gasteiger partial charge in [-0.05, 0) is 32.9 Å². The van der Waals surface area contributed by atoms with Gasteiger partial charge in [0.2, 0.25) is 5.60 Å². The molecule has 0 aliphatic carbocycles. The first kappa shape index (κ1) is 23.5. The SMILES string of the molecule is Cc1cn(C(F)F)nc1C(=O)Nc1ccc(F)c([C@]2(C)CO[C@@](C)(C(F)(F)F)C(N)=N2)n1. The lowest BCUT2D eigenvalue weighted by atomic mass is 9.93. The Morgan fingerprint density at radius 3 is 2.50 bits per heavy atom. The molecule has 2 aromatic rings. The molecule has 1 aliphatic rings. The van der Waals surface area contributed by atoms with Crippen LogP contribution in [-0.4, -0.2) is 44.9 Å². The fraction of sp³-hybridized carbons (Fsp3) is 0.444. The molecule has 32 heavy (non-hydrogen) atoms. The van der Waals surface area contributed by atoms with E-state index in [1.165, 1.54) is 13.8 Å². The molecule has 8 nitrogen and oxygen atoms in total. The van der Waals surface area contributed by atoms with Crippen LogP contribution in [0.5, 0.6) is 0 Å².